The number of anilines is 1. The Morgan fingerprint density at radius 1 is 1.18 bits per heavy atom. The average Bonchev–Trinajstić information content (AvgIpc) is 3.15. The van der Waals surface area contributed by atoms with Crippen LogP contribution in [-0.2, 0) is 6.42 Å². The zero-order valence-electron chi connectivity index (χ0n) is 19.7. The molecule has 0 unspecified atom stereocenters. The number of likely N-dealkylation sites (tertiary alicyclic amines) is 1. The lowest BCUT2D eigenvalue weighted by molar-refractivity contribution is 0.149. The van der Waals surface area contributed by atoms with Crippen LogP contribution in [0.2, 0.25) is 0 Å². The van der Waals surface area contributed by atoms with E-state index in [9.17, 15) is 4.39 Å². The van der Waals surface area contributed by atoms with E-state index in [0.717, 1.165) is 34.3 Å². The lowest BCUT2D eigenvalue weighted by Crippen LogP contribution is -2.55. The van der Waals surface area contributed by atoms with Crippen LogP contribution < -0.4 is 5.32 Å². The maximum absolute atomic E-state index is 15.7. The van der Waals surface area contributed by atoms with E-state index in [-0.39, 0.29) is 24.3 Å². The molecule has 2 atom stereocenters. The number of fused-ring (bicyclic) bond motifs is 3. The standard InChI is InChI=1S/C27H31F3N4/c1-4-16(2)34-17(3)11-21-20-7-5-6-8-24(20)32-26(21)27(34)25-22(29)12-18(13-23(25)30)31-19-14-33(15-19)10-9-28/h5-8,12-13,17,19,27,31-32H,2,4,9-11,14-15H2,1,3H3/t17-,27-/m1/s1. The van der Waals surface area contributed by atoms with Crippen LogP contribution in [0.25, 0.3) is 10.9 Å². The van der Waals surface area contributed by atoms with Crippen molar-refractivity contribution in [2.45, 2.75) is 44.8 Å². The molecule has 3 heterocycles. The minimum Gasteiger partial charge on any atom is -0.380 e. The van der Waals surface area contributed by atoms with Crippen molar-refractivity contribution >= 4 is 16.6 Å². The second-order valence-electron chi connectivity index (χ2n) is 9.49. The molecule has 34 heavy (non-hydrogen) atoms. The number of aromatic amines is 1. The normalized spacial score (nSPS) is 20.9. The van der Waals surface area contributed by atoms with Crippen molar-refractivity contribution < 1.29 is 13.2 Å². The summed E-state index contributed by atoms with van der Waals surface area (Å²) in [4.78, 5) is 7.49. The molecule has 0 radical (unpaired) electrons. The Labute approximate surface area is 198 Å². The van der Waals surface area contributed by atoms with Crippen LogP contribution in [0.1, 0.15) is 43.1 Å². The Balaban J connectivity index is 1.54. The zero-order chi connectivity index (χ0) is 24.0. The number of aromatic nitrogens is 1. The van der Waals surface area contributed by atoms with Gasteiger partial charge in [0.1, 0.15) is 24.4 Å². The molecule has 2 N–H and O–H groups in total. The summed E-state index contributed by atoms with van der Waals surface area (Å²) in [5.41, 5.74) is 4.20. The number of halogens is 3. The fraction of sp³-hybridized carbons (Fsp3) is 0.407. The summed E-state index contributed by atoms with van der Waals surface area (Å²) in [6.07, 6.45) is 1.46. The van der Waals surface area contributed by atoms with Crippen LogP contribution in [-0.4, -0.2) is 53.2 Å². The summed E-state index contributed by atoms with van der Waals surface area (Å²) in [6, 6.07) is 10.2. The van der Waals surface area contributed by atoms with Crippen LogP contribution >= 0.6 is 0 Å². The summed E-state index contributed by atoms with van der Waals surface area (Å²) in [7, 11) is 0. The molecule has 5 rings (SSSR count). The van der Waals surface area contributed by atoms with Gasteiger partial charge < -0.3 is 15.2 Å². The fourth-order valence-electron chi connectivity index (χ4n) is 5.55. The summed E-state index contributed by atoms with van der Waals surface area (Å²) in [6.45, 7) is 9.66. The molecule has 2 aliphatic rings. The average molecular weight is 469 g/mol. The molecule has 180 valence electrons. The third kappa shape index (κ3) is 3.86. The molecule has 3 aromatic rings. The van der Waals surface area contributed by atoms with Gasteiger partial charge in [0, 0.05) is 53.7 Å². The molecular formula is C27H31F3N4. The van der Waals surface area contributed by atoms with Gasteiger partial charge >= 0.3 is 0 Å². The van der Waals surface area contributed by atoms with E-state index in [1.54, 1.807) is 0 Å². The zero-order valence-corrected chi connectivity index (χ0v) is 19.7. The van der Waals surface area contributed by atoms with Crippen LogP contribution in [0.4, 0.5) is 18.9 Å². The minimum absolute atomic E-state index is 0.0344. The number of nitrogens with one attached hydrogen (secondary N) is 2. The summed E-state index contributed by atoms with van der Waals surface area (Å²) < 4.78 is 43.8. The number of hydrogen-bond acceptors (Lipinski definition) is 3. The van der Waals surface area contributed by atoms with Crippen molar-refractivity contribution in [3.63, 3.8) is 0 Å². The predicted octanol–water partition coefficient (Wildman–Crippen LogP) is 5.77. The highest BCUT2D eigenvalue weighted by Gasteiger charge is 2.39. The van der Waals surface area contributed by atoms with Crippen molar-refractivity contribution in [3.8, 4) is 0 Å². The molecule has 0 aliphatic carbocycles. The lowest BCUT2D eigenvalue weighted by atomic mass is 9.87. The van der Waals surface area contributed by atoms with Crippen LogP contribution in [0.3, 0.4) is 0 Å². The molecule has 4 nitrogen and oxygen atoms in total. The van der Waals surface area contributed by atoms with Gasteiger partial charge in [-0.25, -0.2) is 13.2 Å². The summed E-state index contributed by atoms with van der Waals surface area (Å²) >= 11 is 0. The van der Waals surface area contributed by atoms with Gasteiger partial charge in [-0.15, -0.1) is 0 Å². The number of para-hydroxylation sites is 1. The van der Waals surface area contributed by atoms with Crippen LogP contribution in [0.5, 0.6) is 0 Å². The van der Waals surface area contributed by atoms with Crippen molar-refractivity contribution in [3.05, 3.63) is 77.1 Å². The molecule has 7 heteroatoms. The van der Waals surface area contributed by atoms with Gasteiger partial charge in [-0.05, 0) is 43.5 Å². The number of allylic oxidation sites excluding steroid dienone is 1. The highest BCUT2D eigenvalue weighted by atomic mass is 19.1. The first kappa shape index (κ1) is 22.8. The molecule has 2 aliphatic heterocycles. The van der Waals surface area contributed by atoms with Gasteiger partial charge in [-0.1, -0.05) is 31.7 Å². The van der Waals surface area contributed by atoms with E-state index < -0.39 is 17.7 Å². The molecule has 1 fully saturated rings. The number of rotatable bonds is 7. The van der Waals surface area contributed by atoms with Crippen molar-refractivity contribution in [2.24, 2.45) is 0 Å². The van der Waals surface area contributed by atoms with Crippen LogP contribution in [0, 0.1) is 11.6 Å². The fourth-order valence-corrected chi connectivity index (χ4v) is 5.55. The second kappa shape index (κ2) is 9.02. The summed E-state index contributed by atoms with van der Waals surface area (Å²) in [5, 5.41) is 4.29. The first-order valence-electron chi connectivity index (χ1n) is 12.0. The van der Waals surface area contributed by atoms with Crippen molar-refractivity contribution in [1.29, 1.82) is 0 Å². The third-order valence-electron chi connectivity index (χ3n) is 7.23. The lowest BCUT2D eigenvalue weighted by Gasteiger charge is -2.44. The van der Waals surface area contributed by atoms with Gasteiger partial charge in [0.2, 0.25) is 0 Å². The largest absolute Gasteiger partial charge is 0.380 e. The molecule has 0 bridgehead atoms. The van der Waals surface area contributed by atoms with E-state index in [1.165, 1.54) is 12.1 Å². The summed E-state index contributed by atoms with van der Waals surface area (Å²) in [5.74, 6) is -1.17. The topological polar surface area (TPSA) is 34.3 Å². The quantitative estimate of drug-likeness (QED) is 0.462. The van der Waals surface area contributed by atoms with Crippen molar-refractivity contribution in [1.82, 2.24) is 14.8 Å². The smallest absolute Gasteiger partial charge is 0.133 e. The maximum atomic E-state index is 15.7. The minimum atomic E-state index is -0.628. The molecule has 0 spiro atoms. The van der Waals surface area contributed by atoms with Gasteiger partial charge in [0.05, 0.1) is 11.6 Å². The Kier molecular flexibility index (Phi) is 6.06. The van der Waals surface area contributed by atoms with Crippen molar-refractivity contribution in [2.75, 3.05) is 31.6 Å². The molecule has 0 amide bonds. The Hall–Kier alpha value is -2.93. The molecule has 1 saturated heterocycles. The van der Waals surface area contributed by atoms with Gasteiger partial charge in [-0.2, -0.15) is 0 Å². The first-order chi connectivity index (χ1) is 16.4. The van der Waals surface area contributed by atoms with Gasteiger partial charge in [0.15, 0.2) is 0 Å². The van der Waals surface area contributed by atoms with E-state index >= 15 is 8.78 Å². The monoisotopic (exact) mass is 468 g/mol. The molecule has 2 aromatic carbocycles. The van der Waals surface area contributed by atoms with E-state index in [1.807, 2.05) is 30.0 Å². The first-order valence-corrected chi connectivity index (χ1v) is 12.0. The predicted molar refractivity (Wildman–Crippen MR) is 131 cm³/mol. The van der Waals surface area contributed by atoms with E-state index in [2.05, 4.69) is 34.8 Å². The number of benzene rings is 2. The maximum Gasteiger partial charge on any atom is 0.133 e. The molecule has 0 saturated carbocycles. The Morgan fingerprint density at radius 3 is 2.56 bits per heavy atom. The molecular weight excluding hydrogens is 437 g/mol. The number of alkyl halides is 1. The van der Waals surface area contributed by atoms with Gasteiger partial charge in [0.25, 0.3) is 0 Å². The number of nitrogens with zero attached hydrogens (tertiary/aromatic N) is 2. The van der Waals surface area contributed by atoms with E-state index in [4.69, 9.17) is 0 Å². The Bertz CT molecular complexity index is 1190. The third-order valence-corrected chi connectivity index (χ3v) is 7.23. The number of hydrogen-bond donors (Lipinski definition) is 2. The van der Waals surface area contributed by atoms with Gasteiger partial charge in [-0.3, -0.25) is 4.90 Å². The number of H-pyrrole nitrogens is 1. The van der Waals surface area contributed by atoms with Crippen LogP contribution in [0.15, 0.2) is 48.7 Å². The second-order valence-corrected chi connectivity index (χ2v) is 9.49. The molecule has 1 aromatic heterocycles. The van der Waals surface area contributed by atoms with E-state index in [0.29, 0.717) is 31.7 Å². The highest BCUT2D eigenvalue weighted by molar-refractivity contribution is 5.85. The SMILES string of the molecule is C=C(CC)N1[C@H](c2c(F)cc(NC3CN(CCF)C3)cc2F)c2[nH]c3ccccc3c2C[C@H]1C. The Morgan fingerprint density at radius 2 is 1.88 bits per heavy atom. The highest BCUT2D eigenvalue weighted by Crippen LogP contribution is 2.44.